The Balaban J connectivity index is 2.02. The molecule has 0 N–H and O–H groups in total. The molecule has 2 amide bonds. The lowest BCUT2D eigenvalue weighted by molar-refractivity contribution is -0.141. The van der Waals surface area contributed by atoms with Crippen molar-refractivity contribution in [3.8, 4) is 17.4 Å². The number of carbonyl (C=O) groups excluding carboxylic acids is 2. The topological polar surface area (TPSA) is 74.3 Å². The number of halogens is 1. The van der Waals surface area contributed by atoms with Crippen LogP contribution in [-0.2, 0) is 9.59 Å². The van der Waals surface area contributed by atoms with E-state index in [9.17, 15) is 14.9 Å². The zero-order chi connectivity index (χ0) is 21.3. The number of furan rings is 1. The van der Waals surface area contributed by atoms with Gasteiger partial charge in [-0.2, -0.15) is 5.26 Å². The van der Waals surface area contributed by atoms with Crippen LogP contribution in [0.4, 0.5) is 0 Å². The third-order valence-electron chi connectivity index (χ3n) is 4.74. The maximum absolute atomic E-state index is 12.9. The highest BCUT2D eigenvalue weighted by Crippen LogP contribution is 2.31. The monoisotopic (exact) mass is 408 g/mol. The van der Waals surface area contributed by atoms with Gasteiger partial charge < -0.3 is 4.42 Å². The highest BCUT2D eigenvalue weighted by atomic mass is 35.5. The predicted octanol–water partition coefficient (Wildman–Crippen LogP) is 5.16. The number of carbonyl (C=O) groups is 2. The summed E-state index contributed by atoms with van der Waals surface area (Å²) in [5, 5.41) is 10.1. The Morgan fingerprint density at radius 2 is 1.90 bits per heavy atom. The fraction of sp³-hybridized carbons (Fsp3) is 0.261. The van der Waals surface area contributed by atoms with Gasteiger partial charge in [0.15, 0.2) is 0 Å². The standard InChI is InChI=1S/C23H21ClN2O3/c1-13(2)12-26-22(27)18(15(4)19(11-25)23(26)28)10-17-7-8-21(29-17)16-6-5-14(3)20(24)9-16/h5-10,13H,12H2,1-4H3/b18-10+. The Hall–Kier alpha value is -3.10. The lowest BCUT2D eigenvalue weighted by Gasteiger charge is -2.28. The molecule has 1 aliphatic heterocycles. The van der Waals surface area contributed by atoms with Crippen LogP contribution in [0.1, 0.15) is 32.1 Å². The van der Waals surface area contributed by atoms with Crippen molar-refractivity contribution >= 4 is 29.5 Å². The molecule has 148 valence electrons. The van der Waals surface area contributed by atoms with Crippen LogP contribution in [0.5, 0.6) is 0 Å². The molecule has 0 saturated carbocycles. The average molecular weight is 409 g/mol. The van der Waals surface area contributed by atoms with Gasteiger partial charge in [0.1, 0.15) is 23.2 Å². The zero-order valence-electron chi connectivity index (χ0n) is 16.7. The normalized spacial score (nSPS) is 16.2. The Morgan fingerprint density at radius 3 is 2.52 bits per heavy atom. The molecule has 0 fully saturated rings. The van der Waals surface area contributed by atoms with Gasteiger partial charge >= 0.3 is 0 Å². The predicted molar refractivity (Wildman–Crippen MR) is 112 cm³/mol. The number of imide groups is 1. The molecule has 1 aromatic carbocycles. The first-order valence-electron chi connectivity index (χ1n) is 9.28. The van der Waals surface area contributed by atoms with Crippen molar-refractivity contribution in [3.63, 3.8) is 0 Å². The van der Waals surface area contributed by atoms with Crippen molar-refractivity contribution in [1.82, 2.24) is 4.90 Å². The quantitative estimate of drug-likeness (QED) is 0.517. The molecule has 1 aromatic heterocycles. The minimum Gasteiger partial charge on any atom is -0.457 e. The van der Waals surface area contributed by atoms with Crippen LogP contribution < -0.4 is 0 Å². The van der Waals surface area contributed by atoms with Crippen LogP contribution >= 0.6 is 11.6 Å². The van der Waals surface area contributed by atoms with Gasteiger partial charge in [-0.25, -0.2) is 0 Å². The molecule has 2 aromatic rings. The van der Waals surface area contributed by atoms with E-state index >= 15 is 0 Å². The molecule has 0 spiro atoms. The van der Waals surface area contributed by atoms with Gasteiger partial charge in [0.05, 0.1) is 0 Å². The fourth-order valence-corrected chi connectivity index (χ4v) is 3.32. The van der Waals surface area contributed by atoms with E-state index in [4.69, 9.17) is 16.0 Å². The Kier molecular flexibility index (Phi) is 5.76. The third-order valence-corrected chi connectivity index (χ3v) is 5.15. The summed E-state index contributed by atoms with van der Waals surface area (Å²) in [7, 11) is 0. The second kappa shape index (κ2) is 8.10. The molecular weight excluding hydrogens is 388 g/mol. The molecule has 0 saturated heterocycles. The first kappa shape index (κ1) is 20.6. The molecular formula is C23H21ClN2O3. The van der Waals surface area contributed by atoms with Crippen molar-refractivity contribution < 1.29 is 14.0 Å². The van der Waals surface area contributed by atoms with E-state index in [-0.39, 0.29) is 23.6 Å². The number of nitrogens with zero attached hydrogens (tertiary/aromatic N) is 2. The molecule has 0 bridgehead atoms. The van der Waals surface area contributed by atoms with E-state index in [1.165, 1.54) is 0 Å². The summed E-state index contributed by atoms with van der Waals surface area (Å²) in [4.78, 5) is 26.6. The summed E-state index contributed by atoms with van der Waals surface area (Å²) in [5.74, 6) is 0.186. The number of aryl methyl sites for hydroxylation is 1. The summed E-state index contributed by atoms with van der Waals surface area (Å²) in [6, 6.07) is 11.1. The smallest absolute Gasteiger partial charge is 0.271 e. The summed E-state index contributed by atoms with van der Waals surface area (Å²) in [6.45, 7) is 7.60. The summed E-state index contributed by atoms with van der Waals surface area (Å²) < 4.78 is 5.88. The van der Waals surface area contributed by atoms with Crippen LogP contribution in [0.15, 0.2) is 51.5 Å². The van der Waals surface area contributed by atoms with Crippen molar-refractivity contribution in [1.29, 1.82) is 5.26 Å². The number of benzene rings is 1. The highest BCUT2D eigenvalue weighted by molar-refractivity contribution is 6.31. The minimum atomic E-state index is -0.546. The molecule has 5 nitrogen and oxygen atoms in total. The number of hydrogen-bond donors (Lipinski definition) is 0. The highest BCUT2D eigenvalue weighted by Gasteiger charge is 2.35. The van der Waals surface area contributed by atoms with E-state index in [1.807, 2.05) is 45.0 Å². The van der Waals surface area contributed by atoms with E-state index < -0.39 is 11.8 Å². The van der Waals surface area contributed by atoms with Gasteiger partial charge in [-0.3, -0.25) is 14.5 Å². The van der Waals surface area contributed by atoms with Crippen LogP contribution in [0, 0.1) is 24.2 Å². The van der Waals surface area contributed by atoms with Crippen molar-refractivity contribution in [2.24, 2.45) is 5.92 Å². The first-order valence-corrected chi connectivity index (χ1v) is 9.66. The maximum atomic E-state index is 12.9. The van der Waals surface area contributed by atoms with Crippen LogP contribution in [0.2, 0.25) is 5.02 Å². The van der Waals surface area contributed by atoms with E-state index in [2.05, 4.69) is 0 Å². The van der Waals surface area contributed by atoms with Crippen LogP contribution in [-0.4, -0.2) is 23.3 Å². The third kappa shape index (κ3) is 4.03. The maximum Gasteiger partial charge on any atom is 0.271 e. The Morgan fingerprint density at radius 1 is 1.17 bits per heavy atom. The Labute approximate surface area is 174 Å². The molecule has 3 rings (SSSR count). The second-order valence-electron chi connectivity index (χ2n) is 7.45. The number of nitriles is 1. The van der Waals surface area contributed by atoms with Gasteiger partial charge in [0.2, 0.25) is 0 Å². The lowest BCUT2D eigenvalue weighted by atomic mass is 9.94. The molecule has 0 radical (unpaired) electrons. The molecule has 0 aliphatic carbocycles. The van der Waals surface area contributed by atoms with Gasteiger partial charge in [0, 0.05) is 22.7 Å². The van der Waals surface area contributed by atoms with Gasteiger partial charge in [-0.05, 0) is 55.2 Å². The van der Waals surface area contributed by atoms with E-state index in [0.29, 0.717) is 22.1 Å². The number of rotatable bonds is 4. The summed E-state index contributed by atoms with van der Waals surface area (Å²) in [5.41, 5.74) is 2.41. The average Bonchev–Trinajstić information content (AvgIpc) is 3.13. The molecule has 29 heavy (non-hydrogen) atoms. The lowest BCUT2D eigenvalue weighted by Crippen LogP contribution is -2.44. The Bertz CT molecular complexity index is 1100. The number of amides is 2. The van der Waals surface area contributed by atoms with Crippen LogP contribution in [0.3, 0.4) is 0 Å². The molecule has 1 aliphatic rings. The SMILES string of the molecule is CC1=C(C#N)C(=O)N(CC(C)C)C(=O)/C1=C/c1ccc(-c2ccc(C)c(Cl)c2)o1. The molecule has 0 atom stereocenters. The zero-order valence-corrected chi connectivity index (χ0v) is 17.5. The molecule has 6 heteroatoms. The first-order chi connectivity index (χ1) is 13.7. The fourth-order valence-electron chi connectivity index (χ4n) is 3.13. The van der Waals surface area contributed by atoms with E-state index in [0.717, 1.165) is 16.0 Å². The van der Waals surface area contributed by atoms with Crippen molar-refractivity contribution in [2.45, 2.75) is 27.7 Å². The largest absolute Gasteiger partial charge is 0.457 e. The molecule has 2 heterocycles. The van der Waals surface area contributed by atoms with Gasteiger partial charge in [-0.1, -0.05) is 37.6 Å². The van der Waals surface area contributed by atoms with Crippen molar-refractivity contribution in [3.05, 3.63) is 63.4 Å². The van der Waals surface area contributed by atoms with Gasteiger partial charge in [-0.15, -0.1) is 0 Å². The van der Waals surface area contributed by atoms with Gasteiger partial charge in [0.25, 0.3) is 11.8 Å². The van der Waals surface area contributed by atoms with Crippen LogP contribution in [0.25, 0.3) is 17.4 Å². The number of hydrogen-bond acceptors (Lipinski definition) is 4. The summed E-state index contributed by atoms with van der Waals surface area (Å²) >= 11 is 6.20. The van der Waals surface area contributed by atoms with E-state index in [1.54, 1.807) is 25.1 Å². The molecule has 0 unspecified atom stereocenters. The minimum absolute atomic E-state index is 0.0198. The summed E-state index contributed by atoms with van der Waals surface area (Å²) in [6.07, 6.45) is 1.58. The van der Waals surface area contributed by atoms with Crippen molar-refractivity contribution in [2.75, 3.05) is 6.54 Å². The second-order valence-corrected chi connectivity index (χ2v) is 7.86.